The summed E-state index contributed by atoms with van der Waals surface area (Å²) in [7, 11) is 0. The van der Waals surface area contributed by atoms with Gasteiger partial charge in [-0.25, -0.2) is 0 Å². The molecule has 2 heterocycles. The monoisotopic (exact) mass is 535 g/mol. The van der Waals surface area contributed by atoms with E-state index < -0.39 is 0 Å². The summed E-state index contributed by atoms with van der Waals surface area (Å²) in [5.41, 5.74) is 1.96. The summed E-state index contributed by atoms with van der Waals surface area (Å²) < 4.78 is 6.12. The number of nitrogens with zero attached hydrogens (tertiary/aromatic N) is 2. The smallest absolute Gasteiger partial charge is 0.219 e. The summed E-state index contributed by atoms with van der Waals surface area (Å²) in [6, 6.07) is 13.1. The van der Waals surface area contributed by atoms with E-state index in [0.29, 0.717) is 53.1 Å². The van der Waals surface area contributed by atoms with E-state index in [2.05, 4.69) is 39.1 Å². The number of benzene rings is 2. The molecule has 4 rings (SSSR count). The first-order valence-corrected chi connectivity index (χ1v) is 13.8. The molecule has 2 aliphatic rings. The number of amides is 1. The van der Waals surface area contributed by atoms with Gasteiger partial charge in [-0.05, 0) is 95.0 Å². The number of hydrogen-bond donors (Lipinski definition) is 1. The Morgan fingerprint density at radius 3 is 2.32 bits per heavy atom. The van der Waals surface area contributed by atoms with Gasteiger partial charge in [0, 0.05) is 43.1 Å². The van der Waals surface area contributed by atoms with Crippen molar-refractivity contribution in [3.63, 3.8) is 0 Å². The first-order valence-electron chi connectivity index (χ1n) is 13.5. The lowest BCUT2D eigenvalue weighted by Crippen LogP contribution is -2.57. The molecule has 2 fully saturated rings. The van der Waals surface area contributed by atoms with Crippen LogP contribution in [0.4, 0.5) is 0 Å². The van der Waals surface area contributed by atoms with Crippen LogP contribution < -0.4 is 10.1 Å². The molecule has 202 valence electrons. The number of nitrogens with one attached hydrogen (secondary N) is 1. The van der Waals surface area contributed by atoms with Crippen LogP contribution in [0.3, 0.4) is 0 Å². The topological polar surface area (TPSA) is 82.4 Å². The minimum atomic E-state index is -0.0144. The van der Waals surface area contributed by atoms with Crippen LogP contribution >= 0.6 is 11.6 Å². The summed E-state index contributed by atoms with van der Waals surface area (Å²) in [6.07, 6.45) is 3.98. The number of nitriles is 1. The van der Waals surface area contributed by atoms with Crippen LogP contribution in [-0.4, -0.2) is 40.8 Å². The van der Waals surface area contributed by atoms with Gasteiger partial charge in [-0.15, -0.1) is 0 Å². The van der Waals surface area contributed by atoms with Crippen molar-refractivity contribution in [1.82, 2.24) is 10.2 Å². The Hall–Kier alpha value is -2.88. The highest BCUT2D eigenvalue weighted by atomic mass is 35.5. The summed E-state index contributed by atoms with van der Waals surface area (Å²) in [4.78, 5) is 26.7. The Morgan fingerprint density at radius 2 is 1.74 bits per heavy atom. The Kier molecular flexibility index (Phi) is 8.20. The van der Waals surface area contributed by atoms with Crippen LogP contribution in [0.5, 0.6) is 11.5 Å². The molecule has 2 saturated heterocycles. The number of piperidine rings is 2. The first kappa shape index (κ1) is 28.1. The average Bonchev–Trinajstić information content (AvgIpc) is 2.83. The normalized spacial score (nSPS) is 19.6. The number of ether oxygens (including phenoxy) is 1. The van der Waals surface area contributed by atoms with Crippen molar-refractivity contribution in [3.05, 3.63) is 58.1 Å². The number of likely N-dealkylation sites (tertiary alicyclic amines) is 1. The summed E-state index contributed by atoms with van der Waals surface area (Å²) in [6.45, 7) is 11.7. The van der Waals surface area contributed by atoms with E-state index in [4.69, 9.17) is 16.3 Å². The zero-order chi connectivity index (χ0) is 27.7. The van der Waals surface area contributed by atoms with Gasteiger partial charge in [0.1, 0.15) is 17.6 Å². The minimum absolute atomic E-state index is 0.0144. The molecule has 0 atom stereocenters. The number of carbonyl (C=O) groups is 2. The van der Waals surface area contributed by atoms with E-state index in [1.54, 1.807) is 31.2 Å². The number of ketones is 1. The minimum Gasteiger partial charge on any atom is -0.454 e. The van der Waals surface area contributed by atoms with Crippen LogP contribution in [0.2, 0.25) is 5.02 Å². The van der Waals surface area contributed by atoms with E-state index in [0.717, 1.165) is 31.2 Å². The molecular weight excluding hydrogens is 498 g/mol. The van der Waals surface area contributed by atoms with Crippen LogP contribution in [-0.2, 0) is 4.79 Å². The Balaban J connectivity index is 1.47. The third-order valence-corrected chi connectivity index (χ3v) is 8.07. The van der Waals surface area contributed by atoms with E-state index in [1.165, 1.54) is 0 Å². The highest BCUT2D eigenvalue weighted by molar-refractivity contribution is 6.32. The number of rotatable bonds is 6. The summed E-state index contributed by atoms with van der Waals surface area (Å²) in [5, 5.41) is 14.0. The van der Waals surface area contributed by atoms with E-state index in [1.807, 2.05) is 17.0 Å². The molecule has 38 heavy (non-hydrogen) atoms. The number of hydrogen-bond acceptors (Lipinski definition) is 5. The van der Waals surface area contributed by atoms with Gasteiger partial charge in [0.05, 0.1) is 10.6 Å². The molecule has 0 bridgehead atoms. The molecule has 2 aromatic rings. The van der Waals surface area contributed by atoms with Crippen molar-refractivity contribution >= 4 is 23.3 Å². The predicted molar refractivity (Wildman–Crippen MR) is 150 cm³/mol. The van der Waals surface area contributed by atoms with Crippen molar-refractivity contribution in [2.24, 2.45) is 5.92 Å². The highest BCUT2D eigenvalue weighted by Crippen LogP contribution is 2.39. The lowest BCUT2D eigenvalue weighted by Gasteiger charge is -2.46. The van der Waals surface area contributed by atoms with Gasteiger partial charge in [0.25, 0.3) is 0 Å². The van der Waals surface area contributed by atoms with E-state index in [-0.39, 0.29) is 28.7 Å². The molecular formula is C31H38ClN3O3. The zero-order valence-electron chi connectivity index (χ0n) is 23.1. The van der Waals surface area contributed by atoms with Gasteiger partial charge >= 0.3 is 0 Å². The second-order valence-electron chi connectivity index (χ2n) is 12.2. The third kappa shape index (κ3) is 6.57. The van der Waals surface area contributed by atoms with Crippen LogP contribution in [0.25, 0.3) is 0 Å². The van der Waals surface area contributed by atoms with Crippen molar-refractivity contribution in [2.45, 2.75) is 83.7 Å². The fraction of sp³-hybridized carbons (Fsp3) is 0.516. The molecule has 0 unspecified atom stereocenters. The molecule has 2 aliphatic heterocycles. The van der Waals surface area contributed by atoms with Crippen LogP contribution in [0.1, 0.15) is 94.1 Å². The highest BCUT2D eigenvalue weighted by Gasteiger charge is 2.38. The number of Topliss-reactive ketones (excluding diaryl/α,β-unsaturated/α-hetero) is 1. The second-order valence-corrected chi connectivity index (χ2v) is 12.6. The van der Waals surface area contributed by atoms with Crippen molar-refractivity contribution in [1.29, 1.82) is 5.26 Å². The zero-order valence-corrected chi connectivity index (χ0v) is 23.8. The lowest BCUT2D eigenvalue weighted by atomic mass is 9.74. The molecule has 7 heteroatoms. The molecule has 0 aromatic heterocycles. The predicted octanol–water partition coefficient (Wildman–Crippen LogP) is 6.86. The second kappa shape index (κ2) is 11.1. The quantitative estimate of drug-likeness (QED) is 0.408. The molecule has 0 saturated carbocycles. The van der Waals surface area contributed by atoms with Crippen molar-refractivity contribution < 1.29 is 14.3 Å². The van der Waals surface area contributed by atoms with Gasteiger partial charge in [0.15, 0.2) is 5.78 Å². The summed E-state index contributed by atoms with van der Waals surface area (Å²) >= 11 is 6.58. The van der Waals surface area contributed by atoms with Crippen LogP contribution in [0, 0.1) is 17.2 Å². The van der Waals surface area contributed by atoms with Crippen molar-refractivity contribution in [2.75, 3.05) is 13.1 Å². The largest absolute Gasteiger partial charge is 0.454 e. The number of halogens is 1. The molecule has 2 aromatic carbocycles. The Morgan fingerprint density at radius 1 is 1.08 bits per heavy atom. The standard InChI is InChI=1S/C31H38ClN3O3/c1-20(36)35-13-11-22(12-14-35)24-7-6-8-28(25(24)19-33)38-29-10-9-23(16-26(29)32)27(37)15-21-17-30(2,3)34-31(4,5)18-21/h6-10,16,21-22,34H,11-15,17-18H2,1-5H3. The maximum absolute atomic E-state index is 13.2. The molecule has 0 radical (unpaired) electrons. The fourth-order valence-electron chi connectivity index (χ4n) is 6.53. The summed E-state index contributed by atoms with van der Waals surface area (Å²) in [5.74, 6) is 1.50. The average molecular weight is 536 g/mol. The maximum atomic E-state index is 13.2. The maximum Gasteiger partial charge on any atom is 0.219 e. The van der Waals surface area contributed by atoms with E-state index >= 15 is 0 Å². The van der Waals surface area contributed by atoms with Gasteiger partial charge in [-0.1, -0.05) is 23.7 Å². The molecule has 0 spiro atoms. The van der Waals surface area contributed by atoms with E-state index in [9.17, 15) is 14.9 Å². The molecule has 1 amide bonds. The SMILES string of the molecule is CC(=O)N1CCC(c2cccc(Oc3ccc(C(=O)CC4CC(C)(C)NC(C)(C)C4)cc3Cl)c2C#N)CC1. The molecule has 6 nitrogen and oxygen atoms in total. The van der Waals surface area contributed by atoms with Gasteiger partial charge in [-0.3, -0.25) is 9.59 Å². The van der Waals surface area contributed by atoms with Crippen LogP contribution in [0.15, 0.2) is 36.4 Å². The third-order valence-electron chi connectivity index (χ3n) is 7.77. The van der Waals surface area contributed by atoms with Crippen molar-refractivity contribution in [3.8, 4) is 17.6 Å². The lowest BCUT2D eigenvalue weighted by molar-refractivity contribution is -0.129. The number of carbonyl (C=O) groups excluding carboxylic acids is 2. The Bertz CT molecular complexity index is 1240. The first-order chi connectivity index (χ1) is 17.9. The molecule has 1 N–H and O–H groups in total. The van der Waals surface area contributed by atoms with Gasteiger partial charge < -0.3 is 15.0 Å². The Labute approximate surface area is 231 Å². The molecule has 0 aliphatic carbocycles. The van der Waals surface area contributed by atoms with Gasteiger partial charge in [0.2, 0.25) is 5.91 Å². The fourth-order valence-corrected chi connectivity index (χ4v) is 6.75. The van der Waals surface area contributed by atoms with Gasteiger partial charge in [-0.2, -0.15) is 5.26 Å².